The number of carbonyl (C=O) groups excluding carboxylic acids is 1. The minimum absolute atomic E-state index is 0.0292. The fourth-order valence-corrected chi connectivity index (χ4v) is 4.73. The van der Waals surface area contributed by atoms with E-state index in [-0.39, 0.29) is 18.4 Å². The maximum atomic E-state index is 13.0. The third-order valence-corrected chi connectivity index (χ3v) is 6.47. The van der Waals surface area contributed by atoms with E-state index in [1.807, 2.05) is 84.3 Å². The summed E-state index contributed by atoms with van der Waals surface area (Å²) in [7, 11) is 1.61. The van der Waals surface area contributed by atoms with Gasteiger partial charge in [-0.05, 0) is 42.8 Å². The number of rotatable bonds is 8. The number of aryl methyl sites for hydroxylation is 1. The van der Waals surface area contributed by atoms with Crippen molar-refractivity contribution < 1.29 is 19.4 Å². The van der Waals surface area contributed by atoms with E-state index in [0.29, 0.717) is 25.3 Å². The van der Waals surface area contributed by atoms with Gasteiger partial charge in [-0.25, -0.2) is 4.98 Å². The van der Waals surface area contributed by atoms with Crippen LogP contribution in [0.4, 0.5) is 5.69 Å². The highest BCUT2D eigenvalue weighted by Gasteiger charge is 2.36. The van der Waals surface area contributed by atoms with Crippen LogP contribution >= 0.6 is 0 Å². The lowest BCUT2D eigenvalue weighted by Crippen LogP contribution is -2.27. The molecule has 1 aliphatic heterocycles. The summed E-state index contributed by atoms with van der Waals surface area (Å²) in [5.41, 5.74) is 3.56. The zero-order chi connectivity index (χ0) is 24.4. The van der Waals surface area contributed by atoms with E-state index in [9.17, 15) is 9.90 Å². The molecule has 180 valence electrons. The van der Waals surface area contributed by atoms with Gasteiger partial charge in [0.15, 0.2) is 0 Å². The molecular weight excluding hydrogens is 442 g/mol. The van der Waals surface area contributed by atoms with Gasteiger partial charge in [-0.15, -0.1) is 0 Å². The number of benzene rings is 3. The molecule has 4 aromatic rings. The van der Waals surface area contributed by atoms with Gasteiger partial charge in [0.1, 0.15) is 30.0 Å². The summed E-state index contributed by atoms with van der Waals surface area (Å²) in [6.07, 6.45) is -0.398. The number of methoxy groups -OCH3 is 1. The summed E-state index contributed by atoms with van der Waals surface area (Å²) in [4.78, 5) is 19.7. The number of fused-ring (bicyclic) bond motifs is 1. The molecule has 35 heavy (non-hydrogen) atoms. The molecule has 1 N–H and O–H groups in total. The Hall–Kier alpha value is -3.84. The summed E-state index contributed by atoms with van der Waals surface area (Å²) in [5, 5.41) is 10.9. The smallest absolute Gasteiger partial charge is 0.227 e. The quantitative estimate of drug-likeness (QED) is 0.414. The van der Waals surface area contributed by atoms with E-state index < -0.39 is 6.10 Å². The molecule has 7 nitrogen and oxygen atoms in total. The summed E-state index contributed by atoms with van der Waals surface area (Å²) in [6, 6.07) is 23.2. The number of para-hydroxylation sites is 5. The number of carbonyl (C=O) groups is 1. The Labute approximate surface area is 204 Å². The lowest BCUT2D eigenvalue weighted by molar-refractivity contribution is -0.117. The molecule has 1 saturated heterocycles. The monoisotopic (exact) mass is 471 g/mol. The molecule has 5 rings (SSSR count). The van der Waals surface area contributed by atoms with Gasteiger partial charge < -0.3 is 24.0 Å². The van der Waals surface area contributed by atoms with Gasteiger partial charge in [0.25, 0.3) is 0 Å². The number of aromatic nitrogens is 2. The van der Waals surface area contributed by atoms with Crippen molar-refractivity contribution in [2.75, 3.05) is 25.2 Å². The molecule has 0 unspecified atom stereocenters. The molecule has 0 saturated carbocycles. The van der Waals surface area contributed by atoms with Crippen LogP contribution in [0.1, 0.15) is 23.7 Å². The highest BCUT2D eigenvalue weighted by molar-refractivity contribution is 5.97. The van der Waals surface area contributed by atoms with E-state index in [1.54, 1.807) is 12.0 Å². The van der Waals surface area contributed by atoms with Gasteiger partial charge in [-0.3, -0.25) is 4.79 Å². The predicted molar refractivity (Wildman–Crippen MR) is 135 cm³/mol. The summed E-state index contributed by atoms with van der Waals surface area (Å²) in [5.74, 6) is 2.15. The van der Waals surface area contributed by atoms with Crippen molar-refractivity contribution in [3.05, 3.63) is 84.2 Å². The Bertz CT molecular complexity index is 1350. The third-order valence-electron chi connectivity index (χ3n) is 6.47. The van der Waals surface area contributed by atoms with Crippen molar-refractivity contribution in [2.24, 2.45) is 0 Å². The second kappa shape index (κ2) is 9.80. The van der Waals surface area contributed by atoms with E-state index in [4.69, 9.17) is 14.5 Å². The van der Waals surface area contributed by atoms with Gasteiger partial charge in [-0.1, -0.05) is 42.5 Å². The Morgan fingerprint density at radius 2 is 1.74 bits per heavy atom. The molecule has 2 atom stereocenters. The summed E-state index contributed by atoms with van der Waals surface area (Å²) >= 11 is 0. The second-order valence-electron chi connectivity index (χ2n) is 8.88. The molecule has 1 fully saturated rings. The SMILES string of the molecule is COc1ccccc1N1C[C@@H](c2nc3ccccc3n2C[C@H](O)COc2ccccc2C)CC1=O. The highest BCUT2D eigenvalue weighted by atomic mass is 16.5. The molecule has 0 bridgehead atoms. The zero-order valence-corrected chi connectivity index (χ0v) is 19.9. The van der Waals surface area contributed by atoms with E-state index in [0.717, 1.165) is 33.9 Å². The van der Waals surface area contributed by atoms with Gasteiger partial charge in [-0.2, -0.15) is 0 Å². The first kappa shape index (κ1) is 22.9. The molecule has 1 amide bonds. The van der Waals surface area contributed by atoms with Crippen LogP contribution in [-0.4, -0.2) is 46.9 Å². The molecule has 1 aliphatic rings. The Balaban J connectivity index is 1.40. The first-order chi connectivity index (χ1) is 17.0. The topological polar surface area (TPSA) is 76.8 Å². The number of aliphatic hydroxyl groups excluding tert-OH is 1. The van der Waals surface area contributed by atoms with E-state index >= 15 is 0 Å². The fraction of sp³-hybridized carbons (Fsp3) is 0.286. The van der Waals surface area contributed by atoms with Crippen molar-refractivity contribution in [1.82, 2.24) is 9.55 Å². The van der Waals surface area contributed by atoms with Gasteiger partial charge in [0, 0.05) is 18.9 Å². The molecular formula is C28H29N3O4. The second-order valence-corrected chi connectivity index (χ2v) is 8.88. The Morgan fingerprint density at radius 3 is 2.54 bits per heavy atom. The van der Waals surface area contributed by atoms with Crippen LogP contribution in [0.3, 0.4) is 0 Å². The number of hydrogen-bond donors (Lipinski definition) is 1. The predicted octanol–water partition coefficient (Wildman–Crippen LogP) is 4.31. The van der Waals surface area contributed by atoms with Crippen molar-refractivity contribution >= 4 is 22.6 Å². The molecule has 0 spiro atoms. The standard InChI is InChI=1S/C28H29N3O4/c1-19-9-3-7-13-25(19)35-18-21(32)17-31-23-11-5-4-10-22(23)29-28(31)20-15-27(33)30(16-20)24-12-6-8-14-26(24)34-2/h3-14,20-21,32H,15-18H2,1-2H3/t20-,21-/m0/s1. The minimum Gasteiger partial charge on any atom is -0.495 e. The number of ether oxygens (including phenoxy) is 2. The van der Waals surface area contributed by atoms with Gasteiger partial charge >= 0.3 is 0 Å². The lowest BCUT2D eigenvalue weighted by atomic mass is 10.1. The van der Waals surface area contributed by atoms with Crippen LogP contribution in [0.15, 0.2) is 72.8 Å². The van der Waals surface area contributed by atoms with E-state index in [1.165, 1.54) is 0 Å². The van der Waals surface area contributed by atoms with Crippen LogP contribution in [-0.2, 0) is 11.3 Å². The van der Waals surface area contributed by atoms with Crippen molar-refractivity contribution in [2.45, 2.75) is 31.9 Å². The van der Waals surface area contributed by atoms with Crippen molar-refractivity contribution in [3.63, 3.8) is 0 Å². The first-order valence-electron chi connectivity index (χ1n) is 11.8. The minimum atomic E-state index is -0.742. The molecule has 0 aliphatic carbocycles. The average Bonchev–Trinajstić information content (AvgIpc) is 3.44. The van der Waals surface area contributed by atoms with E-state index in [2.05, 4.69) is 0 Å². The number of nitrogens with zero attached hydrogens (tertiary/aromatic N) is 3. The summed E-state index contributed by atoms with van der Waals surface area (Å²) in [6.45, 7) is 2.96. The number of imidazole rings is 1. The Kier molecular flexibility index (Phi) is 6.42. The van der Waals surface area contributed by atoms with Gasteiger partial charge in [0.2, 0.25) is 5.91 Å². The van der Waals surface area contributed by atoms with Crippen molar-refractivity contribution in [3.8, 4) is 11.5 Å². The van der Waals surface area contributed by atoms with Gasteiger partial charge in [0.05, 0.1) is 30.4 Å². The maximum absolute atomic E-state index is 13.0. The largest absolute Gasteiger partial charge is 0.495 e. The molecule has 3 aromatic carbocycles. The molecule has 2 heterocycles. The number of amides is 1. The van der Waals surface area contributed by atoms with Crippen LogP contribution in [0.2, 0.25) is 0 Å². The summed E-state index contributed by atoms with van der Waals surface area (Å²) < 4.78 is 13.4. The normalized spacial score (nSPS) is 16.6. The maximum Gasteiger partial charge on any atom is 0.227 e. The lowest BCUT2D eigenvalue weighted by Gasteiger charge is -2.20. The number of aliphatic hydroxyl groups is 1. The average molecular weight is 472 g/mol. The van der Waals surface area contributed by atoms with Crippen molar-refractivity contribution in [1.29, 1.82) is 0 Å². The fourth-order valence-electron chi connectivity index (χ4n) is 4.73. The molecule has 7 heteroatoms. The Morgan fingerprint density at radius 1 is 1.03 bits per heavy atom. The van der Waals surface area contributed by atoms with Crippen LogP contribution in [0, 0.1) is 6.92 Å². The van der Waals surface area contributed by atoms with Crippen LogP contribution < -0.4 is 14.4 Å². The van der Waals surface area contributed by atoms with Crippen LogP contribution in [0.25, 0.3) is 11.0 Å². The highest BCUT2D eigenvalue weighted by Crippen LogP contribution is 2.37. The molecule has 0 radical (unpaired) electrons. The van der Waals surface area contributed by atoms with Crippen LogP contribution in [0.5, 0.6) is 11.5 Å². The molecule has 1 aromatic heterocycles. The third kappa shape index (κ3) is 4.59. The zero-order valence-electron chi connectivity index (χ0n) is 19.9. The first-order valence-corrected chi connectivity index (χ1v) is 11.8. The number of anilines is 1. The number of hydrogen-bond acceptors (Lipinski definition) is 5.